The number of para-hydroxylation sites is 1. The average Bonchev–Trinajstić information content (AvgIpc) is 3.10. The second kappa shape index (κ2) is 6.55. The number of ether oxygens (including phenoxy) is 1. The number of amidine groups is 1. The fourth-order valence-corrected chi connectivity index (χ4v) is 3.63. The van der Waals surface area contributed by atoms with E-state index < -0.39 is 0 Å². The van der Waals surface area contributed by atoms with Gasteiger partial charge in [-0.1, -0.05) is 18.2 Å². The number of hydrogen-bond donors (Lipinski definition) is 1. The zero-order chi connectivity index (χ0) is 16.4. The fourth-order valence-electron chi connectivity index (χ4n) is 2.09. The molecular weight excluding hydrogens is 330 g/mol. The molecule has 0 unspecified atom stereocenters. The van der Waals surface area contributed by atoms with Gasteiger partial charge in [-0.25, -0.2) is 9.88 Å². The fraction of sp³-hybridized carbons (Fsp3) is 0.188. The number of nitrogens with one attached hydrogen (secondary N) is 1. The van der Waals surface area contributed by atoms with Gasteiger partial charge in [0, 0.05) is 17.1 Å². The van der Waals surface area contributed by atoms with Crippen LogP contribution < -0.4 is 9.64 Å². The quantitative estimate of drug-likeness (QED) is 0.851. The third kappa shape index (κ3) is 3.30. The van der Waals surface area contributed by atoms with Crippen LogP contribution in [-0.2, 0) is 4.79 Å². The molecule has 0 atom stereocenters. The van der Waals surface area contributed by atoms with E-state index in [-0.39, 0.29) is 17.2 Å². The number of nitrogens with zero attached hydrogens (tertiary/aromatic N) is 2. The van der Waals surface area contributed by atoms with Crippen molar-refractivity contribution in [1.82, 2.24) is 4.98 Å². The molecule has 1 aromatic carbocycles. The van der Waals surface area contributed by atoms with E-state index in [2.05, 4.69) is 4.98 Å². The predicted molar refractivity (Wildman–Crippen MR) is 95.1 cm³/mol. The van der Waals surface area contributed by atoms with E-state index in [4.69, 9.17) is 10.1 Å². The molecule has 7 heteroatoms. The highest BCUT2D eigenvalue weighted by Gasteiger charge is 2.35. The summed E-state index contributed by atoms with van der Waals surface area (Å²) in [7, 11) is 0. The summed E-state index contributed by atoms with van der Waals surface area (Å²) >= 11 is 2.47. The van der Waals surface area contributed by atoms with Crippen molar-refractivity contribution in [3.05, 3.63) is 46.3 Å². The third-order valence-electron chi connectivity index (χ3n) is 3.00. The average molecular weight is 345 g/mol. The molecule has 1 saturated heterocycles. The summed E-state index contributed by atoms with van der Waals surface area (Å²) in [6.07, 6.45) is 3.44. The molecule has 1 N–H and O–H groups in total. The molecule has 3 rings (SSSR count). The minimum Gasteiger partial charge on any atom is -0.490 e. The van der Waals surface area contributed by atoms with Crippen molar-refractivity contribution in [2.75, 3.05) is 4.90 Å². The van der Waals surface area contributed by atoms with Gasteiger partial charge in [0.2, 0.25) is 0 Å². The number of thioether (sulfide) groups is 1. The first-order valence-electron chi connectivity index (χ1n) is 7.04. The van der Waals surface area contributed by atoms with Crippen LogP contribution in [0, 0.1) is 5.41 Å². The Bertz CT molecular complexity index is 769. The van der Waals surface area contributed by atoms with E-state index in [1.165, 1.54) is 16.2 Å². The summed E-state index contributed by atoms with van der Waals surface area (Å²) in [4.78, 5) is 18.5. The number of hydrogen-bond acceptors (Lipinski definition) is 6. The molecule has 2 aromatic rings. The minimum atomic E-state index is -0.227. The summed E-state index contributed by atoms with van der Waals surface area (Å²) in [5.41, 5.74) is 0.825. The Kier molecular flexibility index (Phi) is 4.49. The van der Waals surface area contributed by atoms with Gasteiger partial charge >= 0.3 is 0 Å². The van der Waals surface area contributed by atoms with Crippen LogP contribution in [0.25, 0.3) is 6.08 Å². The van der Waals surface area contributed by atoms with Gasteiger partial charge < -0.3 is 4.74 Å². The zero-order valence-electron chi connectivity index (χ0n) is 12.6. The predicted octanol–water partition coefficient (Wildman–Crippen LogP) is 3.99. The van der Waals surface area contributed by atoms with Crippen LogP contribution in [0.3, 0.4) is 0 Å². The summed E-state index contributed by atoms with van der Waals surface area (Å²) in [5, 5.41) is 10.5. The number of carbonyl (C=O) groups is 1. The van der Waals surface area contributed by atoms with E-state index in [0.29, 0.717) is 10.0 Å². The Morgan fingerprint density at radius 2 is 2.13 bits per heavy atom. The van der Waals surface area contributed by atoms with Gasteiger partial charge in [0.1, 0.15) is 5.75 Å². The molecule has 1 amide bonds. The van der Waals surface area contributed by atoms with E-state index in [1.54, 1.807) is 17.7 Å². The summed E-state index contributed by atoms with van der Waals surface area (Å²) in [5.74, 6) is 0.497. The smallest absolute Gasteiger partial charge is 0.273 e. The van der Waals surface area contributed by atoms with Crippen LogP contribution in [0.2, 0.25) is 0 Å². The zero-order valence-corrected chi connectivity index (χ0v) is 14.3. The topological polar surface area (TPSA) is 66.3 Å². The van der Waals surface area contributed by atoms with E-state index in [1.807, 2.05) is 38.1 Å². The lowest BCUT2D eigenvalue weighted by Gasteiger charge is -2.12. The van der Waals surface area contributed by atoms with E-state index in [9.17, 15) is 4.79 Å². The minimum absolute atomic E-state index is 0.0478. The van der Waals surface area contributed by atoms with Crippen molar-refractivity contribution < 1.29 is 9.53 Å². The Hall–Kier alpha value is -2.12. The Morgan fingerprint density at radius 3 is 2.83 bits per heavy atom. The molecule has 2 heterocycles. The van der Waals surface area contributed by atoms with Gasteiger partial charge in [-0.3, -0.25) is 10.2 Å². The van der Waals surface area contributed by atoms with Gasteiger partial charge in [-0.05, 0) is 37.8 Å². The van der Waals surface area contributed by atoms with Crippen LogP contribution in [0.5, 0.6) is 5.75 Å². The highest BCUT2D eigenvalue weighted by Crippen LogP contribution is 2.37. The first-order valence-corrected chi connectivity index (χ1v) is 8.73. The SMILES string of the molecule is CC(C)Oc1ccccc1C=C1SC(=N)N(c2nccs2)C1=O. The van der Waals surface area contributed by atoms with Crippen LogP contribution in [0.15, 0.2) is 40.7 Å². The lowest BCUT2D eigenvalue weighted by Crippen LogP contribution is -2.27. The number of thiazole rings is 1. The molecule has 0 radical (unpaired) electrons. The summed E-state index contributed by atoms with van der Waals surface area (Å²) in [6.45, 7) is 3.92. The number of benzene rings is 1. The lowest BCUT2D eigenvalue weighted by molar-refractivity contribution is -0.113. The maximum absolute atomic E-state index is 12.6. The van der Waals surface area contributed by atoms with Gasteiger partial charge in [-0.2, -0.15) is 0 Å². The highest BCUT2D eigenvalue weighted by molar-refractivity contribution is 8.19. The Morgan fingerprint density at radius 1 is 1.35 bits per heavy atom. The molecule has 1 aromatic heterocycles. The first kappa shape index (κ1) is 15.8. The number of rotatable bonds is 4. The monoisotopic (exact) mass is 345 g/mol. The largest absolute Gasteiger partial charge is 0.490 e. The number of amides is 1. The van der Waals surface area contributed by atoms with Crippen LogP contribution >= 0.6 is 23.1 Å². The van der Waals surface area contributed by atoms with E-state index >= 15 is 0 Å². The standard InChI is InChI=1S/C16H15N3O2S2/c1-10(2)21-12-6-4-3-5-11(12)9-13-14(20)19(15(17)23-13)16-18-7-8-22-16/h3-10,17H,1-2H3. The number of carbonyl (C=O) groups excluding carboxylic acids is 1. The van der Waals surface area contributed by atoms with Crippen molar-refractivity contribution in [1.29, 1.82) is 5.41 Å². The molecule has 1 aliphatic rings. The molecule has 1 fully saturated rings. The lowest BCUT2D eigenvalue weighted by atomic mass is 10.2. The van der Waals surface area contributed by atoms with Crippen molar-refractivity contribution in [2.24, 2.45) is 0 Å². The van der Waals surface area contributed by atoms with Crippen molar-refractivity contribution in [2.45, 2.75) is 20.0 Å². The van der Waals surface area contributed by atoms with Crippen molar-refractivity contribution in [3.8, 4) is 5.75 Å². The number of aromatic nitrogens is 1. The summed E-state index contributed by atoms with van der Waals surface area (Å²) < 4.78 is 5.77. The highest BCUT2D eigenvalue weighted by atomic mass is 32.2. The second-order valence-corrected chi connectivity index (χ2v) is 6.98. The molecule has 1 aliphatic heterocycles. The summed E-state index contributed by atoms with van der Waals surface area (Å²) in [6, 6.07) is 7.56. The van der Waals surface area contributed by atoms with Gasteiger partial charge in [-0.15, -0.1) is 11.3 Å². The molecular formula is C16H15N3O2S2. The van der Waals surface area contributed by atoms with E-state index in [0.717, 1.165) is 23.1 Å². The molecule has 23 heavy (non-hydrogen) atoms. The van der Waals surface area contributed by atoms with Gasteiger partial charge in [0.15, 0.2) is 10.3 Å². The van der Waals surface area contributed by atoms with Crippen molar-refractivity contribution in [3.63, 3.8) is 0 Å². The molecule has 0 aliphatic carbocycles. The number of anilines is 1. The molecule has 0 bridgehead atoms. The maximum Gasteiger partial charge on any atom is 0.273 e. The Labute approximate surface area is 142 Å². The first-order chi connectivity index (χ1) is 11.1. The van der Waals surface area contributed by atoms with Crippen LogP contribution in [-0.4, -0.2) is 22.2 Å². The van der Waals surface area contributed by atoms with Crippen molar-refractivity contribution >= 4 is 45.4 Å². The second-order valence-electron chi connectivity index (χ2n) is 5.08. The van der Waals surface area contributed by atoms with Crippen LogP contribution in [0.1, 0.15) is 19.4 Å². The van der Waals surface area contributed by atoms with Crippen LogP contribution in [0.4, 0.5) is 5.13 Å². The maximum atomic E-state index is 12.6. The molecule has 0 saturated carbocycles. The third-order valence-corrected chi connectivity index (χ3v) is 4.65. The van der Waals surface area contributed by atoms with Gasteiger partial charge in [0.25, 0.3) is 5.91 Å². The molecule has 118 valence electrons. The Balaban J connectivity index is 1.92. The normalized spacial score (nSPS) is 16.7. The van der Waals surface area contributed by atoms with Gasteiger partial charge in [0.05, 0.1) is 11.0 Å². The molecule has 0 spiro atoms. The molecule has 5 nitrogen and oxygen atoms in total.